The third kappa shape index (κ3) is 3.76. The maximum Gasteiger partial charge on any atom is 0.282 e. The molecule has 4 saturated carbocycles. The van der Waals surface area contributed by atoms with Crippen LogP contribution < -0.4 is 5.32 Å². The lowest BCUT2D eigenvalue weighted by Gasteiger charge is -2.62. The summed E-state index contributed by atoms with van der Waals surface area (Å²) in [5.74, 6) is 3.32. The molecule has 0 aromatic heterocycles. The fraction of sp³-hybridized carbons (Fsp3) is 0.920. The molecule has 0 saturated heterocycles. The number of hydrogen-bond donors (Lipinski definition) is 3. The molecule has 4 rings (SSSR count). The Labute approximate surface area is 187 Å². The number of aliphatic hydroxyl groups excluding tert-OH is 1. The van der Waals surface area contributed by atoms with E-state index in [0.29, 0.717) is 41.4 Å². The zero-order chi connectivity index (χ0) is 21.7. The molecule has 4 nitrogen and oxygen atoms in total. The Kier molecular flexibility index (Phi) is 6.36. The van der Waals surface area contributed by atoms with Crippen LogP contribution in [0.15, 0.2) is 0 Å². The molecule has 0 bridgehead atoms. The predicted molar refractivity (Wildman–Crippen MR) is 122 cm³/mol. The minimum atomic E-state index is -0.570. The smallest absolute Gasteiger partial charge is 0.282 e. The average molecular weight is 436 g/mol. The summed E-state index contributed by atoms with van der Waals surface area (Å²) in [5.41, 5.74) is 0.708. The number of fused-ring (bicyclic) bond motifs is 5. The van der Waals surface area contributed by atoms with E-state index in [2.05, 4.69) is 38.7 Å². The van der Waals surface area contributed by atoms with Crippen LogP contribution in [-0.2, 0) is 4.79 Å². The van der Waals surface area contributed by atoms with E-state index in [-0.39, 0.29) is 17.4 Å². The van der Waals surface area contributed by atoms with Crippen molar-refractivity contribution in [3.05, 3.63) is 0 Å². The Morgan fingerprint density at radius 1 is 1.07 bits per heavy atom. The summed E-state index contributed by atoms with van der Waals surface area (Å²) >= 11 is 3.64. The van der Waals surface area contributed by atoms with Gasteiger partial charge in [0.15, 0.2) is 0 Å². The summed E-state index contributed by atoms with van der Waals surface area (Å²) in [6, 6.07) is 0. The Hall–Kier alpha value is -0.550. The van der Waals surface area contributed by atoms with E-state index in [1.807, 2.05) is 0 Å². The summed E-state index contributed by atoms with van der Waals surface area (Å²) < 4.78 is 0. The summed E-state index contributed by atoms with van der Waals surface area (Å²) in [6.07, 6.45) is 12.4. The highest BCUT2D eigenvalue weighted by atomic mass is 32.1. The van der Waals surface area contributed by atoms with Crippen LogP contribution in [0.3, 0.4) is 0 Å². The number of hydrogen-bond acceptors (Lipinski definition) is 3. The summed E-state index contributed by atoms with van der Waals surface area (Å²) in [6.45, 7) is 7.33. The second-order valence-electron chi connectivity index (χ2n) is 11.6. The molecule has 5 heteroatoms. The van der Waals surface area contributed by atoms with E-state index in [9.17, 15) is 14.7 Å². The van der Waals surface area contributed by atoms with Crippen LogP contribution in [0.5, 0.6) is 0 Å². The molecule has 4 unspecified atom stereocenters. The first-order valence-corrected chi connectivity index (χ1v) is 12.8. The van der Waals surface area contributed by atoms with Gasteiger partial charge < -0.3 is 5.11 Å². The maximum atomic E-state index is 11.9. The van der Waals surface area contributed by atoms with Gasteiger partial charge in [0, 0.05) is 6.42 Å². The highest BCUT2D eigenvalue weighted by Crippen LogP contribution is 2.68. The van der Waals surface area contributed by atoms with Gasteiger partial charge >= 0.3 is 0 Å². The summed E-state index contributed by atoms with van der Waals surface area (Å²) in [5, 5.41) is 13.0. The SMILES string of the molecule is C[C@H](CCC(=O)NC(=O)S)C1CCC2C3C(CC[C@@]21C)[C@@]1(C)CCCC[C@H]1C[C@H]3O. The molecule has 4 aliphatic rings. The lowest BCUT2D eigenvalue weighted by Crippen LogP contribution is -2.57. The van der Waals surface area contributed by atoms with E-state index in [0.717, 1.165) is 18.8 Å². The first kappa shape index (κ1) is 22.6. The highest BCUT2D eigenvalue weighted by molar-refractivity contribution is 7.96. The molecule has 30 heavy (non-hydrogen) atoms. The first-order valence-electron chi connectivity index (χ1n) is 12.4. The van der Waals surface area contributed by atoms with Crippen molar-refractivity contribution in [3.63, 3.8) is 0 Å². The molecular weight excluding hydrogens is 394 g/mol. The standard InChI is InChI=1S/C25H41NO3S/c1-15(7-10-21(28)26-23(29)30)17-8-9-18-22-19(11-13-25(17,18)3)24(2)12-5-4-6-16(24)14-20(22)27/h15-20,22,27H,4-14H2,1-3H3,(H2,26,28,29,30)/t15-,16+,17?,18?,19?,20-,22?,24+,25-/m1/s1. The zero-order valence-corrected chi connectivity index (χ0v) is 19.9. The van der Waals surface area contributed by atoms with Crippen molar-refractivity contribution >= 4 is 23.8 Å². The van der Waals surface area contributed by atoms with Gasteiger partial charge in [-0.1, -0.05) is 46.2 Å². The van der Waals surface area contributed by atoms with Crippen LogP contribution >= 0.6 is 12.6 Å². The van der Waals surface area contributed by atoms with Gasteiger partial charge in [-0.3, -0.25) is 14.9 Å². The molecule has 4 aliphatic carbocycles. The number of rotatable bonds is 4. The van der Waals surface area contributed by atoms with Crippen LogP contribution in [0, 0.1) is 46.3 Å². The Morgan fingerprint density at radius 2 is 1.80 bits per heavy atom. The van der Waals surface area contributed by atoms with Crippen molar-refractivity contribution in [2.45, 2.75) is 97.5 Å². The fourth-order valence-corrected chi connectivity index (χ4v) is 9.10. The summed E-state index contributed by atoms with van der Waals surface area (Å²) in [4.78, 5) is 22.9. The lowest BCUT2D eigenvalue weighted by molar-refractivity contribution is -0.164. The van der Waals surface area contributed by atoms with Crippen LogP contribution in [-0.4, -0.2) is 22.4 Å². The topological polar surface area (TPSA) is 66.4 Å². The van der Waals surface area contributed by atoms with E-state index >= 15 is 0 Å². The fourth-order valence-electron chi connectivity index (χ4n) is 8.97. The number of carbonyl (C=O) groups excluding carboxylic acids is 2. The van der Waals surface area contributed by atoms with Gasteiger partial charge in [0.1, 0.15) is 0 Å². The number of amides is 2. The molecular formula is C25H41NO3S. The van der Waals surface area contributed by atoms with Gasteiger partial charge in [0.25, 0.3) is 5.24 Å². The molecule has 170 valence electrons. The van der Waals surface area contributed by atoms with E-state index in [1.165, 1.54) is 51.4 Å². The zero-order valence-electron chi connectivity index (χ0n) is 19.0. The first-order chi connectivity index (χ1) is 14.2. The third-order valence-electron chi connectivity index (χ3n) is 10.4. The van der Waals surface area contributed by atoms with Crippen LogP contribution in [0.4, 0.5) is 4.79 Å². The van der Waals surface area contributed by atoms with Crippen molar-refractivity contribution in [2.75, 3.05) is 0 Å². The number of imide groups is 1. The molecule has 0 heterocycles. The molecule has 0 radical (unpaired) electrons. The van der Waals surface area contributed by atoms with Gasteiger partial charge in [-0.05, 0) is 97.7 Å². The molecule has 2 N–H and O–H groups in total. The Morgan fingerprint density at radius 3 is 2.53 bits per heavy atom. The van der Waals surface area contributed by atoms with Crippen molar-refractivity contribution in [2.24, 2.45) is 46.3 Å². The highest BCUT2D eigenvalue weighted by Gasteiger charge is 2.62. The van der Waals surface area contributed by atoms with Gasteiger partial charge in [-0.2, -0.15) is 0 Å². The normalized spacial score (nSPS) is 46.3. The van der Waals surface area contributed by atoms with Crippen molar-refractivity contribution in [3.8, 4) is 0 Å². The van der Waals surface area contributed by atoms with E-state index < -0.39 is 5.24 Å². The molecule has 0 aromatic rings. The van der Waals surface area contributed by atoms with Gasteiger partial charge in [0.05, 0.1) is 6.10 Å². The van der Waals surface area contributed by atoms with Crippen molar-refractivity contribution in [1.29, 1.82) is 0 Å². The average Bonchev–Trinajstić information content (AvgIpc) is 3.03. The van der Waals surface area contributed by atoms with Crippen molar-refractivity contribution in [1.82, 2.24) is 5.32 Å². The molecule has 0 aliphatic heterocycles. The number of thiol groups is 1. The number of nitrogens with one attached hydrogen (secondary N) is 1. The summed E-state index contributed by atoms with van der Waals surface area (Å²) in [7, 11) is 0. The minimum absolute atomic E-state index is 0.128. The molecule has 0 aromatic carbocycles. The quantitative estimate of drug-likeness (QED) is 0.504. The minimum Gasteiger partial charge on any atom is -0.393 e. The van der Waals surface area contributed by atoms with E-state index in [4.69, 9.17) is 0 Å². The number of carbonyl (C=O) groups is 2. The molecule has 2 amide bonds. The Bertz CT molecular complexity index is 683. The predicted octanol–water partition coefficient (Wildman–Crippen LogP) is 5.59. The monoisotopic (exact) mass is 435 g/mol. The second kappa shape index (κ2) is 8.42. The van der Waals surface area contributed by atoms with Crippen molar-refractivity contribution < 1.29 is 14.7 Å². The van der Waals surface area contributed by atoms with E-state index in [1.54, 1.807) is 0 Å². The van der Waals surface area contributed by atoms with Crippen LogP contribution in [0.1, 0.15) is 91.4 Å². The molecule has 4 fully saturated rings. The van der Waals surface area contributed by atoms with Crippen LogP contribution in [0.2, 0.25) is 0 Å². The largest absolute Gasteiger partial charge is 0.393 e. The van der Waals surface area contributed by atoms with Gasteiger partial charge in [-0.15, -0.1) is 0 Å². The lowest BCUT2D eigenvalue weighted by atomic mass is 9.44. The molecule has 0 spiro atoms. The number of aliphatic hydroxyl groups is 1. The maximum absolute atomic E-state index is 11.9. The Balaban J connectivity index is 1.47. The van der Waals surface area contributed by atoms with Gasteiger partial charge in [-0.25, -0.2) is 0 Å². The third-order valence-corrected chi connectivity index (χ3v) is 10.5. The van der Waals surface area contributed by atoms with Gasteiger partial charge in [0.2, 0.25) is 5.91 Å². The molecule has 9 atom stereocenters. The van der Waals surface area contributed by atoms with Crippen LogP contribution in [0.25, 0.3) is 0 Å². The second-order valence-corrected chi connectivity index (χ2v) is 12.0.